The monoisotopic (exact) mass is 503 g/mol. The van der Waals surface area contributed by atoms with Crippen LogP contribution in [0.4, 0.5) is 0 Å². The first kappa shape index (κ1) is 24.5. The Bertz CT molecular complexity index is 1030. The van der Waals surface area contributed by atoms with E-state index in [1.807, 2.05) is 0 Å². The van der Waals surface area contributed by atoms with E-state index in [1.165, 1.54) is 22.3 Å². The van der Waals surface area contributed by atoms with Crippen LogP contribution in [-0.2, 0) is 29.2 Å². The van der Waals surface area contributed by atoms with E-state index >= 15 is 0 Å². The van der Waals surface area contributed by atoms with Crippen LogP contribution in [-0.4, -0.2) is 3.21 Å². The van der Waals surface area contributed by atoms with Crippen LogP contribution in [0.3, 0.4) is 0 Å². The van der Waals surface area contributed by atoms with Crippen molar-refractivity contribution < 1.29 is 22.8 Å². The molecule has 0 saturated heterocycles. The summed E-state index contributed by atoms with van der Waals surface area (Å²) in [6.07, 6.45) is 4.69. The summed E-state index contributed by atoms with van der Waals surface area (Å²) in [4.78, 5) is 0. The predicted octanol–water partition coefficient (Wildman–Crippen LogP) is 7.17. The van der Waals surface area contributed by atoms with Crippen molar-refractivity contribution in [3.63, 3.8) is 0 Å². The fraction of sp³-hybridized carbons (Fsp3) is 0.346. The summed E-state index contributed by atoms with van der Waals surface area (Å²) < 4.78 is 3.38. The van der Waals surface area contributed by atoms with Gasteiger partial charge in [-0.3, -0.25) is 0 Å². The van der Waals surface area contributed by atoms with Gasteiger partial charge < -0.3 is 0 Å². The maximum Gasteiger partial charge on any atom is -0.147 e. The van der Waals surface area contributed by atoms with Gasteiger partial charge in [0, 0.05) is 0 Å². The molecule has 0 saturated carbocycles. The SMILES string of the molecule is C[C](C)=[Zr][c]1c(C2=C(C)C=C(C(C)(C)C)C2)ccc2c1Cc1ccccc1-2.Cl.Cl. The van der Waals surface area contributed by atoms with E-state index in [-0.39, 0.29) is 30.2 Å². The van der Waals surface area contributed by atoms with Gasteiger partial charge in [0.25, 0.3) is 0 Å². The van der Waals surface area contributed by atoms with Crippen molar-refractivity contribution in [3.05, 3.63) is 70.3 Å². The smallest absolute Gasteiger partial charge is 0.147 e. The van der Waals surface area contributed by atoms with Gasteiger partial charge in [-0.05, 0) is 0 Å². The molecule has 0 spiro atoms. The third-order valence-corrected chi connectivity index (χ3v) is 9.13. The van der Waals surface area contributed by atoms with Gasteiger partial charge in [-0.15, -0.1) is 24.8 Å². The van der Waals surface area contributed by atoms with Crippen molar-refractivity contribution in [1.82, 2.24) is 0 Å². The van der Waals surface area contributed by atoms with Gasteiger partial charge >= 0.3 is 176 Å². The Morgan fingerprint density at radius 1 is 0.862 bits per heavy atom. The van der Waals surface area contributed by atoms with Gasteiger partial charge in [-0.2, -0.15) is 0 Å². The molecule has 2 aromatic rings. The number of hydrogen-bond acceptors (Lipinski definition) is 0. The van der Waals surface area contributed by atoms with Crippen LogP contribution in [0.25, 0.3) is 16.7 Å². The molecule has 0 radical (unpaired) electrons. The minimum atomic E-state index is -0.719. The van der Waals surface area contributed by atoms with Crippen LogP contribution in [0, 0.1) is 5.41 Å². The van der Waals surface area contributed by atoms with E-state index in [0.717, 1.165) is 12.8 Å². The molecular weight excluding hydrogens is 474 g/mol. The predicted molar refractivity (Wildman–Crippen MR) is 130 cm³/mol. The summed E-state index contributed by atoms with van der Waals surface area (Å²) in [5.41, 5.74) is 12.5. The number of fused-ring (bicyclic) bond motifs is 3. The van der Waals surface area contributed by atoms with Gasteiger partial charge in [0.05, 0.1) is 0 Å². The van der Waals surface area contributed by atoms with Crippen LogP contribution in [0.5, 0.6) is 0 Å². The summed E-state index contributed by atoms with van der Waals surface area (Å²) in [7, 11) is 0. The van der Waals surface area contributed by atoms with Crippen molar-refractivity contribution in [2.75, 3.05) is 0 Å². The second-order valence-electron chi connectivity index (χ2n) is 9.23. The largest absolute Gasteiger partial charge is 0.147 e. The molecule has 0 unspecified atom stereocenters. The average Bonchev–Trinajstić information content (AvgIpc) is 3.15. The van der Waals surface area contributed by atoms with Crippen molar-refractivity contribution in [3.8, 4) is 11.1 Å². The zero-order chi connectivity index (χ0) is 19.3. The van der Waals surface area contributed by atoms with Crippen LogP contribution < -0.4 is 3.27 Å². The third kappa shape index (κ3) is 4.63. The molecule has 0 aromatic heterocycles. The normalized spacial score (nSPS) is 14.3. The first-order chi connectivity index (χ1) is 12.8. The van der Waals surface area contributed by atoms with Crippen LogP contribution >= 0.6 is 24.8 Å². The van der Waals surface area contributed by atoms with E-state index < -0.39 is 22.8 Å². The van der Waals surface area contributed by atoms with E-state index in [2.05, 4.69) is 84.0 Å². The van der Waals surface area contributed by atoms with Crippen molar-refractivity contribution in [1.29, 1.82) is 0 Å². The molecule has 2 aromatic carbocycles. The van der Waals surface area contributed by atoms with Crippen LogP contribution in [0.1, 0.15) is 64.7 Å². The molecular formula is C26H31Cl2Zr. The van der Waals surface area contributed by atoms with E-state index in [0.29, 0.717) is 0 Å². The Balaban J connectivity index is 0.00000150. The molecule has 0 nitrogen and oxygen atoms in total. The maximum atomic E-state index is 2.45. The number of benzene rings is 2. The zero-order valence-electron chi connectivity index (χ0n) is 18.3. The van der Waals surface area contributed by atoms with E-state index in [4.69, 9.17) is 0 Å². The van der Waals surface area contributed by atoms with Gasteiger partial charge in [-0.1, -0.05) is 0 Å². The summed E-state index contributed by atoms with van der Waals surface area (Å²) in [6.45, 7) is 14.0. The maximum absolute atomic E-state index is 2.45. The summed E-state index contributed by atoms with van der Waals surface area (Å²) in [5, 5.41) is 0. The van der Waals surface area contributed by atoms with Crippen molar-refractivity contribution in [2.24, 2.45) is 5.41 Å². The Hall–Kier alpha value is -0.747. The summed E-state index contributed by atoms with van der Waals surface area (Å²) in [5.74, 6) is 0. The molecule has 29 heavy (non-hydrogen) atoms. The second kappa shape index (κ2) is 9.17. The number of rotatable bonds is 2. The van der Waals surface area contributed by atoms with Crippen molar-refractivity contribution >= 4 is 36.9 Å². The molecule has 0 N–H and O–H groups in total. The number of allylic oxidation sites excluding steroid dienone is 4. The van der Waals surface area contributed by atoms with Crippen LogP contribution in [0.15, 0.2) is 53.6 Å². The van der Waals surface area contributed by atoms with Gasteiger partial charge in [0.15, 0.2) is 0 Å². The van der Waals surface area contributed by atoms with E-state index in [9.17, 15) is 0 Å². The third-order valence-electron chi connectivity index (χ3n) is 5.89. The zero-order valence-corrected chi connectivity index (χ0v) is 22.4. The van der Waals surface area contributed by atoms with Gasteiger partial charge in [0.2, 0.25) is 0 Å². The summed E-state index contributed by atoms with van der Waals surface area (Å²) in [6, 6.07) is 13.8. The molecule has 0 aliphatic heterocycles. The Morgan fingerprint density at radius 2 is 1.52 bits per heavy atom. The first-order valence-corrected chi connectivity index (χ1v) is 12.4. The molecule has 2 aliphatic rings. The fourth-order valence-electron chi connectivity index (χ4n) is 4.37. The van der Waals surface area contributed by atoms with Gasteiger partial charge in [0.1, 0.15) is 0 Å². The molecule has 0 atom stereocenters. The molecule has 3 heteroatoms. The average molecular weight is 506 g/mol. The first-order valence-electron chi connectivity index (χ1n) is 9.98. The Kier molecular flexibility index (Phi) is 7.76. The van der Waals surface area contributed by atoms with E-state index in [1.54, 1.807) is 28.8 Å². The molecule has 0 bridgehead atoms. The molecule has 153 valence electrons. The topological polar surface area (TPSA) is 0 Å². The number of halogens is 2. The standard InChI is InChI=1S/C23H23.C3H6.2ClH.Zr/c1-15-11-19(23(2,3)4)14-22(15)17-9-10-21-18(13-17)12-16-7-5-6-8-20(16)21;1-3-2;;;/h5-11H,12,14H2,1-4H3;1-2H3;2*1H;. The molecule has 4 rings (SSSR count). The van der Waals surface area contributed by atoms with Crippen molar-refractivity contribution in [2.45, 2.75) is 54.4 Å². The minimum Gasteiger partial charge on any atom is -0.147 e. The van der Waals surface area contributed by atoms with Crippen LogP contribution in [0.2, 0.25) is 0 Å². The van der Waals surface area contributed by atoms with Gasteiger partial charge in [-0.25, -0.2) is 0 Å². The minimum absolute atomic E-state index is 0. The summed E-state index contributed by atoms with van der Waals surface area (Å²) >= 11 is -0.719. The number of hydrogen-bond donors (Lipinski definition) is 0. The second-order valence-corrected chi connectivity index (χ2v) is 13.5. The quantitative estimate of drug-likeness (QED) is 0.346. The Labute approximate surface area is 199 Å². The molecule has 0 fully saturated rings. The Morgan fingerprint density at radius 3 is 2.14 bits per heavy atom. The molecule has 0 amide bonds. The fourth-order valence-corrected chi connectivity index (χ4v) is 7.43. The molecule has 0 heterocycles. The molecule has 2 aliphatic carbocycles.